The number of hydrogen-bond acceptors (Lipinski definition) is 4. The van der Waals surface area contributed by atoms with Gasteiger partial charge in [0, 0.05) is 36.9 Å². The third-order valence-corrected chi connectivity index (χ3v) is 5.25. The molecule has 1 unspecified atom stereocenters. The molecule has 5 nitrogen and oxygen atoms in total. The van der Waals surface area contributed by atoms with Crippen LogP contribution in [0.15, 0.2) is 29.3 Å². The quantitative estimate of drug-likeness (QED) is 0.925. The van der Waals surface area contributed by atoms with E-state index in [0.717, 1.165) is 18.7 Å². The fourth-order valence-corrected chi connectivity index (χ4v) is 3.83. The van der Waals surface area contributed by atoms with Gasteiger partial charge in [-0.1, -0.05) is 6.07 Å². The van der Waals surface area contributed by atoms with Crippen molar-refractivity contribution in [2.45, 2.75) is 23.8 Å². The highest BCUT2D eigenvalue weighted by atomic mass is 32.2. The van der Waals surface area contributed by atoms with Gasteiger partial charge in [0.15, 0.2) is 9.84 Å². The van der Waals surface area contributed by atoms with Gasteiger partial charge in [0.05, 0.1) is 11.9 Å². The maximum atomic E-state index is 13.7. The van der Waals surface area contributed by atoms with E-state index in [1.807, 2.05) is 4.90 Å². The molecule has 2 aromatic rings. The molecule has 23 heavy (non-hydrogen) atoms. The molecule has 1 aromatic heterocycles. The number of aromatic amines is 1. The topological polar surface area (TPSA) is 66.1 Å². The zero-order valence-corrected chi connectivity index (χ0v) is 13.4. The molecule has 0 radical (unpaired) electrons. The Morgan fingerprint density at radius 2 is 2.17 bits per heavy atom. The Kier molecular flexibility index (Phi) is 4.20. The molecule has 0 aliphatic carbocycles. The van der Waals surface area contributed by atoms with E-state index < -0.39 is 21.5 Å². The number of aromatic nitrogens is 2. The molecule has 8 heteroatoms. The van der Waals surface area contributed by atoms with E-state index in [2.05, 4.69) is 10.2 Å². The Hall–Kier alpha value is -1.80. The van der Waals surface area contributed by atoms with Gasteiger partial charge < -0.3 is 0 Å². The number of halogens is 2. The van der Waals surface area contributed by atoms with Crippen LogP contribution in [-0.4, -0.2) is 42.9 Å². The molecule has 1 N–H and O–H groups in total. The SMILES string of the molecule is CS(=O)(=O)c1cn[nH]c1C1CCN(Cc2ccc(F)cc2F)C1. The van der Waals surface area contributed by atoms with Crippen molar-refractivity contribution in [2.75, 3.05) is 19.3 Å². The Morgan fingerprint density at radius 1 is 1.39 bits per heavy atom. The number of likely N-dealkylation sites (tertiary alicyclic amines) is 1. The van der Waals surface area contributed by atoms with Gasteiger partial charge in [0.1, 0.15) is 16.5 Å². The monoisotopic (exact) mass is 341 g/mol. The number of nitrogens with zero attached hydrogens (tertiary/aromatic N) is 2. The highest BCUT2D eigenvalue weighted by molar-refractivity contribution is 7.90. The van der Waals surface area contributed by atoms with E-state index in [-0.39, 0.29) is 10.8 Å². The molecule has 1 aromatic carbocycles. The average molecular weight is 341 g/mol. The predicted octanol–water partition coefficient (Wildman–Crippen LogP) is 2.08. The normalized spacial score (nSPS) is 19.3. The Bertz CT molecular complexity index is 820. The molecule has 2 heterocycles. The number of nitrogens with one attached hydrogen (secondary N) is 1. The number of benzene rings is 1. The minimum Gasteiger partial charge on any atom is -0.298 e. The van der Waals surface area contributed by atoms with Crippen molar-refractivity contribution in [3.63, 3.8) is 0 Å². The molecular formula is C15H17F2N3O2S. The second-order valence-corrected chi connectivity index (χ2v) is 7.86. The van der Waals surface area contributed by atoms with Gasteiger partial charge in [-0.15, -0.1) is 0 Å². The third kappa shape index (κ3) is 3.42. The van der Waals surface area contributed by atoms with Crippen LogP contribution in [0.25, 0.3) is 0 Å². The predicted molar refractivity (Wildman–Crippen MR) is 80.7 cm³/mol. The Balaban J connectivity index is 1.73. The summed E-state index contributed by atoms with van der Waals surface area (Å²) in [6, 6.07) is 3.55. The number of sulfone groups is 1. The summed E-state index contributed by atoms with van der Waals surface area (Å²) in [7, 11) is -3.33. The van der Waals surface area contributed by atoms with Gasteiger partial charge in [-0.05, 0) is 19.0 Å². The minimum atomic E-state index is -3.33. The number of rotatable bonds is 4. The Morgan fingerprint density at radius 3 is 2.87 bits per heavy atom. The summed E-state index contributed by atoms with van der Waals surface area (Å²) in [5.41, 5.74) is 1.04. The molecule has 1 fully saturated rings. The van der Waals surface area contributed by atoms with Crippen LogP contribution in [0, 0.1) is 11.6 Å². The van der Waals surface area contributed by atoms with Crippen LogP contribution in [0.3, 0.4) is 0 Å². The first-order valence-electron chi connectivity index (χ1n) is 7.24. The first kappa shape index (κ1) is 16.1. The largest absolute Gasteiger partial charge is 0.298 e. The fraction of sp³-hybridized carbons (Fsp3) is 0.400. The summed E-state index contributed by atoms with van der Waals surface area (Å²) < 4.78 is 50.2. The van der Waals surface area contributed by atoms with Crippen molar-refractivity contribution < 1.29 is 17.2 Å². The molecule has 1 atom stereocenters. The maximum Gasteiger partial charge on any atom is 0.178 e. The lowest BCUT2D eigenvalue weighted by Gasteiger charge is -2.16. The van der Waals surface area contributed by atoms with Crippen LogP contribution in [-0.2, 0) is 16.4 Å². The smallest absolute Gasteiger partial charge is 0.178 e. The highest BCUT2D eigenvalue weighted by Gasteiger charge is 2.29. The lowest BCUT2D eigenvalue weighted by atomic mass is 10.1. The second kappa shape index (κ2) is 6.01. The zero-order valence-electron chi connectivity index (χ0n) is 12.6. The van der Waals surface area contributed by atoms with Crippen LogP contribution in [0.2, 0.25) is 0 Å². The maximum absolute atomic E-state index is 13.7. The van der Waals surface area contributed by atoms with Gasteiger partial charge in [0.25, 0.3) is 0 Å². The van der Waals surface area contributed by atoms with Gasteiger partial charge in [-0.3, -0.25) is 10.00 Å². The van der Waals surface area contributed by atoms with Crippen LogP contribution in [0.1, 0.15) is 23.6 Å². The van der Waals surface area contributed by atoms with Crippen molar-refractivity contribution in [2.24, 2.45) is 0 Å². The molecular weight excluding hydrogens is 324 g/mol. The van der Waals surface area contributed by atoms with Crippen molar-refractivity contribution in [3.05, 3.63) is 47.3 Å². The fourth-order valence-electron chi connectivity index (χ4n) is 2.98. The van der Waals surface area contributed by atoms with E-state index >= 15 is 0 Å². The third-order valence-electron chi connectivity index (χ3n) is 4.12. The van der Waals surface area contributed by atoms with Crippen LogP contribution in [0.4, 0.5) is 8.78 Å². The molecule has 1 aliphatic heterocycles. The van der Waals surface area contributed by atoms with Crippen LogP contribution in [0.5, 0.6) is 0 Å². The molecule has 0 bridgehead atoms. The van der Waals surface area contributed by atoms with Crippen molar-refractivity contribution >= 4 is 9.84 Å². The molecule has 0 saturated carbocycles. The lowest BCUT2D eigenvalue weighted by molar-refractivity contribution is 0.320. The number of hydrogen-bond donors (Lipinski definition) is 1. The van der Waals surface area contributed by atoms with E-state index in [9.17, 15) is 17.2 Å². The minimum absolute atomic E-state index is 0.00531. The standard InChI is InChI=1S/C15H17F2N3O2S/c1-23(21,22)14-7-18-19-15(14)11-4-5-20(9-11)8-10-2-3-12(16)6-13(10)17/h2-3,6-7,11H,4-5,8-9H2,1H3,(H,18,19). The van der Waals surface area contributed by atoms with Crippen LogP contribution >= 0.6 is 0 Å². The lowest BCUT2D eigenvalue weighted by Crippen LogP contribution is -2.21. The first-order valence-corrected chi connectivity index (χ1v) is 9.13. The summed E-state index contributed by atoms with van der Waals surface area (Å²) in [4.78, 5) is 2.24. The average Bonchev–Trinajstić information content (AvgIpc) is 3.09. The molecule has 3 rings (SSSR count). The summed E-state index contributed by atoms with van der Waals surface area (Å²) >= 11 is 0. The first-order chi connectivity index (χ1) is 10.8. The number of H-pyrrole nitrogens is 1. The van der Waals surface area contributed by atoms with Gasteiger partial charge in [0.2, 0.25) is 0 Å². The molecule has 0 amide bonds. The van der Waals surface area contributed by atoms with Gasteiger partial charge in [-0.2, -0.15) is 5.10 Å². The van der Waals surface area contributed by atoms with Crippen molar-refractivity contribution in [1.82, 2.24) is 15.1 Å². The molecule has 1 aliphatic rings. The van der Waals surface area contributed by atoms with E-state index in [4.69, 9.17) is 0 Å². The zero-order chi connectivity index (χ0) is 16.6. The molecule has 124 valence electrons. The van der Waals surface area contributed by atoms with Gasteiger partial charge >= 0.3 is 0 Å². The van der Waals surface area contributed by atoms with Crippen molar-refractivity contribution in [3.8, 4) is 0 Å². The molecule has 1 saturated heterocycles. The van der Waals surface area contributed by atoms with E-state index in [0.29, 0.717) is 30.9 Å². The second-order valence-electron chi connectivity index (χ2n) is 5.88. The highest BCUT2D eigenvalue weighted by Crippen LogP contribution is 2.31. The summed E-state index contributed by atoms with van der Waals surface area (Å²) in [6.07, 6.45) is 3.24. The summed E-state index contributed by atoms with van der Waals surface area (Å²) in [5, 5.41) is 6.62. The summed E-state index contributed by atoms with van der Waals surface area (Å²) in [6.45, 7) is 1.68. The van der Waals surface area contributed by atoms with E-state index in [1.54, 1.807) is 0 Å². The van der Waals surface area contributed by atoms with Gasteiger partial charge in [-0.25, -0.2) is 17.2 Å². The molecule has 0 spiro atoms. The van der Waals surface area contributed by atoms with Crippen molar-refractivity contribution in [1.29, 1.82) is 0 Å². The van der Waals surface area contributed by atoms with Crippen LogP contribution < -0.4 is 0 Å². The summed E-state index contributed by atoms with van der Waals surface area (Å²) in [5.74, 6) is -1.15. The Labute approximate surface area is 133 Å². The van der Waals surface area contributed by atoms with E-state index in [1.165, 1.54) is 18.3 Å².